The quantitative estimate of drug-likeness (QED) is 0.741. The molecule has 0 bridgehead atoms. The van der Waals surface area contributed by atoms with Crippen LogP contribution in [0.3, 0.4) is 0 Å². The van der Waals surface area contributed by atoms with Gasteiger partial charge in [0.2, 0.25) is 0 Å². The third-order valence-electron chi connectivity index (χ3n) is 5.10. The average Bonchev–Trinajstić information content (AvgIpc) is 3.25. The van der Waals surface area contributed by atoms with E-state index in [4.69, 9.17) is 9.15 Å². The lowest BCUT2D eigenvalue weighted by molar-refractivity contribution is 0.0495. The van der Waals surface area contributed by atoms with Gasteiger partial charge in [-0.3, -0.25) is 4.90 Å². The second-order valence-corrected chi connectivity index (χ2v) is 9.46. The first-order valence-electron chi connectivity index (χ1n) is 9.18. The van der Waals surface area contributed by atoms with Gasteiger partial charge in [0.25, 0.3) is 0 Å². The monoisotopic (exact) mass is 393 g/mol. The number of furan rings is 1. The van der Waals surface area contributed by atoms with E-state index in [1.807, 2.05) is 43.0 Å². The number of benzene rings is 1. The second-order valence-electron chi connectivity index (χ2n) is 7.23. The van der Waals surface area contributed by atoms with Crippen LogP contribution in [0.25, 0.3) is 0 Å². The Morgan fingerprint density at radius 1 is 1.30 bits per heavy atom. The standard InChI is InChI=1S/C20H27NO5S/c1-15-5-3-7-20(16(15)2)26-13-18(22)11-21(12-19-6-4-9-25-19)17-8-10-27(23,24)14-17/h3-7,9,17-18,22H,8,10-14H2,1-2H3. The van der Waals surface area contributed by atoms with Crippen molar-refractivity contribution in [2.75, 3.05) is 24.7 Å². The van der Waals surface area contributed by atoms with Gasteiger partial charge < -0.3 is 14.3 Å². The number of ether oxygens (including phenoxy) is 1. The van der Waals surface area contributed by atoms with Crippen molar-refractivity contribution in [3.63, 3.8) is 0 Å². The van der Waals surface area contributed by atoms with E-state index in [1.54, 1.807) is 12.3 Å². The molecule has 1 saturated heterocycles. The molecule has 3 rings (SSSR count). The highest BCUT2D eigenvalue weighted by molar-refractivity contribution is 7.91. The number of hydrogen-bond donors (Lipinski definition) is 1. The van der Waals surface area contributed by atoms with Crippen LogP contribution in [0.1, 0.15) is 23.3 Å². The lowest BCUT2D eigenvalue weighted by Gasteiger charge is -2.29. The van der Waals surface area contributed by atoms with Gasteiger partial charge in [0.1, 0.15) is 24.2 Å². The summed E-state index contributed by atoms with van der Waals surface area (Å²) in [6, 6.07) is 9.38. The average molecular weight is 394 g/mol. The van der Waals surface area contributed by atoms with Crippen LogP contribution in [-0.2, 0) is 16.4 Å². The molecule has 1 fully saturated rings. The van der Waals surface area contributed by atoms with Crippen LogP contribution in [0.2, 0.25) is 0 Å². The summed E-state index contributed by atoms with van der Waals surface area (Å²) >= 11 is 0. The summed E-state index contributed by atoms with van der Waals surface area (Å²) in [6.07, 6.45) is 1.44. The maximum absolute atomic E-state index is 11.9. The van der Waals surface area contributed by atoms with Crippen LogP contribution in [-0.4, -0.2) is 55.2 Å². The van der Waals surface area contributed by atoms with Crippen LogP contribution in [0.5, 0.6) is 5.75 Å². The molecule has 2 heterocycles. The predicted molar refractivity (Wildman–Crippen MR) is 104 cm³/mol. The van der Waals surface area contributed by atoms with Crippen molar-refractivity contribution in [3.8, 4) is 5.75 Å². The third kappa shape index (κ3) is 5.34. The topological polar surface area (TPSA) is 80.0 Å². The maximum Gasteiger partial charge on any atom is 0.151 e. The van der Waals surface area contributed by atoms with E-state index in [0.29, 0.717) is 19.5 Å². The Kier molecular flexibility index (Phi) is 6.24. The van der Waals surface area contributed by atoms with Crippen molar-refractivity contribution in [3.05, 3.63) is 53.5 Å². The SMILES string of the molecule is Cc1cccc(OCC(O)CN(Cc2ccco2)C2CCS(=O)(=O)C2)c1C. The molecule has 0 amide bonds. The Bertz CT molecular complexity index is 847. The number of rotatable bonds is 8. The molecule has 2 atom stereocenters. The lowest BCUT2D eigenvalue weighted by Crippen LogP contribution is -2.42. The van der Waals surface area contributed by atoms with Gasteiger partial charge >= 0.3 is 0 Å². The molecule has 0 spiro atoms. The molecule has 1 aromatic carbocycles. The van der Waals surface area contributed by atoms with E-state index in [2.05, 4.69) is 0 Å². The highest BCUT2D eigenvalue weighted by Crippen LogP contribution is 2.22. The van der Waals surface area contributed by atoms with Gasteiger partial charge in [-0.25, -0.2) is 8.42 Å². The Morgan fingerprint density at radius 2 is 2.11 bits per heavy atom. The van der Waals surface area contributed by atoms with Crippen molar-refractivity contribution in [2.45, 2.75) is 39.0 Å². The number of aliphatic hydroxyl groups is 1. The normalized spacial score (nSPS) is 20.1. The third-order valence-corrected chi connectivity index (χ3v) is 6.85. The zero-order valence-electron chi connectivity index (χ0n) is 15.8. The van der Waals surface area contributed by atoms with Gasteiger partial charge in [-0.15, -0.1) is 0 Å². The van der Waals surface area contributed by atoms with E-state index in [9.17, 15) is 13.5 Å². The fraction of sp³-hybridized carbons (Fsp3) is 0.500. The molecule has 0 radical (unpaired) electrons. The smallest absolute Gasteiger partial charge is 0.151 e. The van der Waals surface area contributed by atoms with Crippen molar-refractivity contribution < 1.29 is 22.7 Å². The first-order valence-corrected chi connectivity index (χ1v) is 11.0. The molecule has 7 heteroatoms. The number of nitrogens with zero attached hydrogens (tertiary/aromatic N) is 1. The van der Waals surface area contributed by atoms with Crippen molar-refractivity contribution in [1.82, 2.24) is 4.90 Å². The van der Waals surface area contributed by atoms with Gasteiger partial charge in [0.05, 0.1) is 24.3 Å². The summed E-state index contributed by atoms with van der Waals surface area (Å²) < 4.78 is 35.0. The summed E-state index contributed by atoms with van der Waals surface area (Å²) in [4.78, 5) is 1.99. The molecule has 1 aliphatic rings. The second kappa shape index (κ2) is 8.46. The Morgan fingerprint density at radius 3 is 2.78 bits per heavy atom. The number of hydrogen-bond acceptors (Lipinski definition) is 6. The Balaban J connectivity index is 1.63. The zero-order chi connectivity index (χ0) is 19.4. The number of aliphatic hydroxyl groups excluding tert-OH is 1. The summed E-state index contributed by atoms with van der Waals surface area (Å²) in [5.41, 5.74) is 2.19. The maximum atomic E-state index is 11.9. The van der Waals surface area contributed by atoms with E-state index >= 15 is 0 Å². The minimum Gasteiger partial charge on any atom is -0.491 e. The Labute approximate surface area is 160 Å². The fourth-order valence-electron chi connectivity index (χ4n) is 3.40. The highest BCUT2D eigenvalue weighted by atomic mass is 32.2. The van der Waals surface area contributed by atoms with Crippen molar-refractivity contribution >= 4 is 9.84 Å². The van der Waals surface area contributed by atoms with E-state index < -0.39 is 15.9 Å². The fourth-order valence-corrected chi connectivity index (χ4v) is 5.16. The molecule has 27 heavy (non-hydrogen) atoms. The van der Waals surface area contributed by atoms with Gasteiger partial charge in [-0.1, -0.05) is 12.1 Å². The zero-order valence-corrected chi connectivity index (χ0v) is 16.6. The van der Waals surface area contributed by atoms with Crippen LogP contribution in [0.4, 0.5) is 0 Å². The van der Waals surface area contributed by atoms with Crippen LogP contribution in [0, 0.1) is 13.8 Å². The largest absolute Gasteiger partial charge is 0.491 e. The number of sulfone groups is 1. The molecular weight excluding hydrogens is 366 g/mol. The molecule has 0 aliphatic carbocycles. The summed E-state index contributed by atoms with van der Waals surface area (Å²) in [6.45, 7) is 4.95. The van der Waals surface area contributed by atoms with Gasteiger partial charge in [-0.2, -0.15) is 0 Å². The molecule has 0 saturated carbocycles. The first kappa shape index (κ1) is 19.9. The van der Waals surface area contributed by atoms with E-state index in [1.165, 1.54) is 0 Å². The van der Waals surface area contributed by atoms with Crippen LogP contribution in [0.15, 0.2) is 41.0 Å². The molecule has 1 N–H and O–H groups in total. The van der Waals surface area contributed by atoms with E-state index in [-0.39, 0.29) is 24.2 Å². The van der Waals surface area contributed by atoms with Crippen molar-refractivity contribution in [2.24, 2.45) is 0 Å². The van der Waals surface area contributed by atoms with Crippen LogP contribution >= 0.6 is 0 Å². The molecule has 1 aromatic heterocycles. The highest BCUT2D eigenvalue weighted by Gasteiger charge is 2.33. The van der Waals surface area contributed by atoms with Crippen molar-refractivity contribution in [1.29, 1.82) is 0 Å². The van der Waals surface area contributed by atoms with Gasteiger partial charge in [0, 0.05) is 12.6 Å². The number of aryl methyl sites for hydroxylation is 1. The molecule has 2 unspecified atom stereocenters. The summed E-state index contributed by atoms with van der Waals surface area (Å²) in [7, 11) is -3.01. The first-order chi connectivity index (χ1) is 12.8. The molecular formula is C20H27NO5S. The minimum atomic E-state index is -3.01. The van der Waals surface area contributed by atoms with E-state index in [0.717, 1.165) is 22.6 Å². The van der Waals surface area contributed by atoms with Crippen LogP contribution < -0.4 is 4.74 Å². The lowest BCUT2D eigenvalue weighted by atomic mass is 10.1. The van der Waals surface area contributed by atoms with Gasteiger partial charge in [0.15, 0.2) is 9.84 Å². The van der Waals surface area contributed by atoms with Gasteiger partial charge in [-0.05, 0) is 49.6 Å². The molecule has 148 valence electrons. The summed E-state index contributed by atoms with van der Waals surface area (Å²) in [5.74, 6) is 1.83. The molecule has 1 aliphatic heterocycles. The Hall–Kier alpha value is -1.83. The molecule has 2 aromatic rings. The summed E-state index contributed by atoms with van der Waals surface area (Å²) in [5, 5.41) is 10.5. The minimum absolute atomic E-state index is 0.115. The molecule has 6 nitrogen and oxygen atoms in total. The predicted octanol–water partition coefficient (Wildman–Crippen LogP) is 2.33.